The number of aliphatic carboxylic acids is 1. The molecule has 8 heteroatoms. The summed E-state index contributed by atoms with van der Waals surface area (Å²) in [5.41, 5.74) is 2.97. The first-order chi connectivity index (χ1) is 15.5. The third kappa shape index (κ3) is 8.01. The highest BCUT2D eigenvalue weighted by Crippen LogP contribution is 2.21. The predicted octanol–water partition coefficient (Wildman–Crippen LogP) is 2.29. The molecule has 174 valence electrons. The second-order valence-electron chi connectivity index (χ2n) is 8.10. The molecule has 0 aromatic heterocycles. The van der Waals surface area contributed by atoms with E-state index in [9.17, 15) is 9.59 Å². The highest BCUT2D eigenvalue weighted by atomic mass is 16.4. The summed E-state index contributed by atoms with van der Waals surface area (Å²) < 4.78 is 0. The molecular weight excluding hydrogens is 406 g/mol. The summed E-state index contributed by atoms with van der Waals surface area (Å²) in [6, 6.07) is 6.02. The number of nitrogens with zero attached hydrogens (tertiary/aromatic N) is 4. The van der Waals surface area contributed by atoms with Crippen LogP contribution in [0, 0.1) is 12.8 Å². The van der Waals surface area contributed by atoms with Crippen molar-refractivity contribution in [1.29, 1.82) is 0 Å². The molecule has 1 saturated heterocycles. The Labute approximate surface area is 190 Å². The smallest absolute Gasteiger partial charge is 0.338 e. The fourth-order valence-electron chi connectivity index (χ4n) is 3.88. The van der Waals surface area contributed by atoms with Crippen LogP contribution in [0.1, 0.15) is 28.8 Å². The van der Waals surface area contributed by atoms with Crippen molar-refractivity contribution in [2.45, 2.75) is 19.8 Å². The molecule has 1 atom stereocenters. The zero-order valence-electron chi connectivity index (χ0n) is 19.2. The topological polar surface area (TPSA) is 97.6 Å². The standard InChI is InChI=1S/C24H35N5O3/c1-19-14-23(5-4-21(19)18-30)29-12-10-28(11-13-29)17-20(6-8-25-2)7-9-27-16-22(15-26-3)24(31)32/h4-5,14-16,18,20,25H,3,6-13,17H2,1-2H3,(H,31,32)/b22-15+,27-16?. The summed E-state index contributed by atoms with van der Waals surface area (Å²) in [6.45, 7) is 11.7. The van der Waals surface area contributed by atoms with Crippen LogP contribution in [0.5, 0.6) is 0 Å². The van der Waals surface area contributed by atoms with Gasteiger partial charge >= 0.3 is 5.97 Å². The summed E-state index contributed by atoms with van der Waals surface area (Å²) in [4.78, 5) is 34.8. The zero-order valence-corrected chi connectivity index (χ0v) is 19.2. The Morgan fingerprint density at radius 3 is 2.62 bits per heavy atom. The van der Waals surface area contributed by atoms with Crippen LogP contribution in [-0.4, -0.2) is 88.1 Å². The van der Waals surface area contributed by atoms with E-state index in [-0.39, 0.29) is 5.57 Å². The van der Waals surface area contributed by atoms with Crippen molar-refractivity contribution >= 4 is 30.9 Å². The summed E-state index contributed by atoms with van der Waals surface area (Å²) in [7, 11) is 1.96. The predicted molar refractivity (Wildman–Crippen MR) is 130 cm³/mol. The van der Waals surface area contributed by atoms with Crippen LogP contribution in [0.2, 0.25) is 0 Å². The van der Waals surface area contributed by atoms with E-state index in [1.807, 2.05) is 26.1 Å². The molecule has 0 aliphatic carbocycles. The van der Waals surface area contributed by atoms with Crippen LogP contribution in [0.25, 0.3) is 0 Å². The second-order valence-corrected chi connectivity index (χ2v) is 8.10. The lowest BCUT2D eigenvalue weighted by Gasteiger charge is -2.38. The summed E-state index contributed by atoms with van der Waals surface area (Å²) in [5.74, 6) is -0.572. The molecule has 1 aliphatic heterocycles. The van der Waals surface area contributed by atoms with Gasteiger partial charge in [-0.05, 0) is 69.8 Å². The molecule has 1 heterocycles. The minimum absolute atomic E-state index is 0.0410. The Balaban J connectivity index is 1.87. The van der Waals surface area contributed by atoms with E-state index in [2.05, 4.69) is 37.9 Å². The highest BCUT2D eigenvalue weighted by molar-refractivity contribution is 6.08. The number of aryl methyl sites for hydroxylation is 1. The first-order valence-electron chi connectivity index (χ1n) is 11.0. The molecule has 0 amide bonds. The number of rotatable bonds is 13. The fraction of sp³-hybridized carbons (Fsp3) is 0.500. The van der Waals surface area contributed by atoms with Crippen molar-refractivity contribution in [1.82, 2.24) is 10.2 Å². The molecule has 8 nitrogen and oxygen atoms in total. The summed E-state index contributed by atoms with van der Waals surface area (Å²) >= 11 is 0. The van der Waals surface area contributed by atoms with E-state index in [1.54, 1.807) is 0 Å². The molecule has 2 rings (SSSR count). The summed E-state index contributed by atoms with van der Waals surface area (Å²) in [6.07, 6.45) is 5.43. The Bertz CT molecular complexity index is 829. The number of aldehydes is 1. The normalized spacial score (nSPS) is 16.3. The zero-order chi connectivity index (χ0) is 23.3. The first kappa shape index (κ1) is 25.4. The molecule has 1 fully saturated rings. The number of anilines is 1. The number of hydrogen-bond acceptors (Lipinski definition) is 7. The van der Waals surface area contributed by atoms with E-state index < -0.39 is 5.97 Å². The molecule has 0 bridgehead atoms. The van der Waals surface area contributed by atoms with Gasteiger partial charge in [-0.15, -0.1) is 0 Å². The van der Waals surface area contributed by atoms with Crippen LogP contribution in [0.3, 0.4) is 0 Å². The van der Waals surface area contributed by atoms with E-state index in [0.717, 1.165) is 69.5 Å². The maximum atomic E-state index is 11.1. The van der Waals surface area contributed by atoms with Gasteiger partial charge in [0.05, 0.1) is 5.57 Å². The van der Waals surface area contributed by atoms with Crippen molar-refractivity contribution in [2.24, 2.45) is 15.9 Å². The number of nitrogens with one attached hydrogen (secondary N) is 1. The van der Waals surface area contributed by atoms with Gasteiger partial charge in [-0.3, -0.25) is 19.7 Å². The SMILES string of the molecule is C=N/C=C(\C=NCCC(CCNC)CN1CCN(c2ccc(C=O)c(C)c2)CC1)C(=O)O. The van der Waals surface area contributed by atoms with Crippen molar-refractivity contribution in [3.8, 4) is 0 Å². The van der Waals surface area contributed by atoms with Gasteiger partial charge in [0.2, 0.25) is 0 Å². The Hall–Kier alpha value is -2.84. The van der Waals surface area contributed by atoms with Gasteiger partial charge in [-0.2, -0.15) is 0 Å². The van der Waals surface area contributed by atoms with Crippen LogP contribution in [-0.2, 0) is 4.79 Å². The first-order valence-corrected chi connectivity index (χ1v) is 11.0. The molecule has 1 unspecified atom stereocenters. The second kappa shape index (κ2) is 13.5. The lowest BCUT2D eigenvalue weighted by molar-refractivity contribution is -0.132. The molecule has 2 N–H and O–H groups in total. The van der Waals surface area contributed by atoms with Crippen LogP contribution in [0.15, 0.2) is 40.0 Å². The van der Waals surface area contributed by atoms with Crippen LogP contribution >= 0.6 is 0 Å². The number of carboxylic acids is 1. The van der Waals surface area contributed by atoms with Gasteiger partial charge < -0.3 is 15.3 Å². The number of piperazine rings is 1. The number of carbonyl (C=O) groups excluding carboxylic acids is 1. The van der Waals surface area contributed by atoms with Crippen molar-refractivity contribution in [3.05, 3.63) is 41.1 Å². The number of benzene rings is 1. The number of carboxylic acid groups (broad SMARTS) is 1. The Morgan fingerprint density at radius 1 is 1.28 bits per heavy atom. The summed E-state index contributed by atoms with van der Waals surface area (Å²) in [5, 5.41) is 12.3. The number of carbonyl (C=O) groups is 2. The van der Waals surface area contributed by atoms with E-state index >= 15 is 0 Å². The quantitative estimate of drug-likeness (QED) is 0.277. The monoisotopic (exact) mass is 441 g/mol. The highest BCUT2D eigenvalue weighted by Gasteiger charge is 2.20. The molecule has 1 aliphatic rings. The van der Waals surface area contributed by atoms with Crippen molar-refractivity contribution in [2.75, 3.05) is 57.8 Å². The van der Waals surface area contributed by atoms with E-state index in [4.69, 9.17) is 5.11 Å². The van der Waals surface area contributed by atoms with Gasteiger partial charge in [0.15, 0.2) is 0 Å². The van der Waals surface area contributed by atoms with Gasteiger partial charge in [0.1, 0.15) is 6.29 Å². The van der Waals surface area contributed by atoms with Crippen molar-refractivity contribution in [3.63, 3.8) is 0 Å². The maximum Gasteiger partial charge on any atom is 0.338 e. The number of aliphatic imine (C=N–C) groups is 2. The van der Waals surface area contributed by atoms with Gasteiger partial charge in [-0.25, -0.2) is 4.79 Å². The molecule has 1 aromatic rings. The van der Waals surface area contributed by atoms with Gasteiger partial charge in [0.25, 0.3) is 0 Å². The van der Waals surface area contributed by atoms with E-state index in [1.165, 1.54) is 18.1 Å². The Kier molecular flexibility index (Phi) is 10.8. The molecule has 1 aromatic carbocycles. The number of hydrogen-bond donors (Lipinski definition) is 2. The Morgan fingerprint density at radius 2 is 2.03 bits per heavy atom. The minimum Gasteiger partial charge on any atom is -0.478 e. The minimum atomic E-state index is -1.05. The molecule has 0 radical (unpaired) electrons. The average molecular weight is 442 g/mol. The largest absolute Gasteiger partial charge is 0.478 e. The lowest BCUT2D eigenvalue weighted by atomic mass is 10.00. The third-order valence-corrected chi connectivity index (χ3v) is 5.81. The van der Waals surface area contributed by atoms with E-state index in [0.29, 0.717) is 12.5 Å². The van der Waals surface area contributed by atoms with Crippen LogP contribution in [0.4, 0.5) is 5.69 Å². The molecule has 32 heavy (non-hydrogen) atoms. The average Bonchev–Trinajstić information content (AvgIpc) is 2.79. The molecule has 0 spiro atoms. The maximum absolute atomic E-state index is 11.1. The fourth-order valence-corrected chi connectivity index (χ4v) is 3.88. The lowest BCUT2D eigenvalue weighted by Crippen LogP contribution is -2.48. The molecular formula is C24H35N5O3. The van der Waals surface area contributed by atoms with Crippen LogP contribution < -0.4 is 10.2 Å². The molecule has 0 saturated carbocycles. The van der Waals surface area contributed by atoms with Gasteiger partial charge in [0, 0.05) is 62.9 Å². The third-order valence-electron chi connectivity index (χ3n) is 5.81. The van der Waals surface area contributed by atoms with Gasteiger partial charge in [-0.1, -0.05) is 0 Å². The van der Waals surface area contributed by atoms with Crippen molar-refractivity contribution < 1.29 is 14.7 Å².